The van der Waals surface area contributed by atoms with E-state index in [0.29, 0.717) is 5.69 Å². The minimum atomic E-state index is -1.47. The molecular weight excluding hydrogens is 328 g/mol. The first-order valence-corrected chi connectivity index (χ1v) is 6.93. The van der Waals surface area contributed by atoms with Crippen LogP contribution in [0.25, 0.3) is 0 Å². The second kappa shape index (κ2) is 6.41. The van der Waals surface area contributed by atoms with Crippen molar-refractivity contribution in [3.8, 4) is 0 Å². The zero-order valence-electron chi connectivity index (χ0n) is 11.9. The SMILES string of the molecule is COCC(C)(NC(=O)c1cc(Br)cn1C(C)C)C(=O)O. The molecule has 0 aromatic carbocycles. The highest BCUT2D eigenvalue weighted by molar-refractivity contribution is 9.10. The molecule has 6 nitrogen and oxygen atoms in total. The minimum Gasteiger partial charge on any atom is -0.479 e. The molecule has 0 bridgehead atoms. The van der Waals surface area contributed by atoms with E-state index in [9.17, 15) is 14.7 Å². The molecule has 20 heavy (non-hydrogen) atoms. The molecule has 0 aliphatic heterocycles. The number of carbonyl (C=O) groups excluding carboxylic acids is 1. The van der Waals surface area contributed by atoms with Crippen molar-refractivity contribution in [2.24, 2.45) is 0 Å². The summed E-state index contributed by atoms with van der Waals surface area (Å²) in [5, 5.41) is 11.7. The van der Waals surface area contributed by atoms with Gasteiger partial charge in [0.2, 0.25) is 0 Å². The van der Waals surface area contributed by atoms with Gasteiger partial charge in [-0.05, 0) is 42.8 Å². The Bertz CT molecular complexity index is 512. The largest absolute Gasteiger partial charge is 0.479 e. The van der Waals surface area contributed by atoms with Crippen molar-refractivity contribution in [2.45, 2.75) is 32.4 Å². The van der Waals surface area contributed by atoms with E-state index in [1.165, 1.54) is 14.0 Å². The van der Waals surface area contributed by atoms with Gasteiger partial charge in [0.15, 0.2) is 5.54 Å². The van der Waals surface area contributed by atoms with E-state index in [0.717, 1.165) is 4.47 Å². The fourth-order valence-electron chi connectivity index (χ4n) is 1.81. The molecule has 0 fully saturated rings. The third-order valence-electron chi connectivity index (χ3n) is 2.90. The molecule has 0 saturated carbocycles. The number of rotatable bonds is 6. The molecule has 0 saturated heterocycles. The summed E-state index contributed by atoms with van der Waals surface area (Å²) in [6, 6.07) is 1.74. The lowest BCUT2D eigenvalue weighted by Gasteiger charge is -2.25. The number of carboxylic acid groups (broad SMARTS) is 1. The maximum atomic E-state index is 12.3. The summed E-state index contributed by atoms with van der Waals surface area (Å²) < 4.78 is 7.41. The number of carboxylic acids is 1. The molecule has 1 aromatic rings. The smallest absolute Gasteiger partial charge is 0.331 e. The van der Waals surface area contributed by atoms with Gasteiger partial charge in [-0.25, -0.2) is 4.79 Å². The van der Waals surface area contributed by atoms with Crippen LogP contribution in [0.4, 0.5) is 0 Å². The Balaban J connectivity index is 3.04. The Kier molecular flexibility index (Phi) is 5.35. The lowest BCUT2D eigenvalue weighted by atomic mass is 10.0. The second-order valence-corrected chi connectivity index (χ2v) is 5.98. The Labute approximate surface area is 126 Å². The number of methoxy groups -OCH3 is 1. The molecule has 112 valence electrons. The number of hydrogen-bond donors (Lipinski definition) is 2. The third kappa shape index (κ3) is 3.61. The summed E-state index contributed by atoms with van der Waals surface area (Å²) in [6.45, 7) is 5.18. The van der Waals surface area contributed by atoms with Crippen molar-refractivity contribution in [2.75, 3.05) is 13.7 Å². The topological polar surface area (TPSA) is 80.6 Å². The van der Waals surface area contributed by atoms with E-state index in [4.69, 9.17) is 4.74 Å². The van der Waals surface area contributed by atoms with Crippen LogP contribution in [-0.4, -0.2) is 40.8 Å². The number of ether oxygens (including phenoxy) is 1. The maximum absolute atomic E-state index is 12.3. The van der Waals surface area contributed by atoms with Crippen LogP contribution in [0.3, 0.4) is 0 Å². The molecule has 0 aliphatic carbocycles. The second-order valence-electron chi connectivity index (χ2n) is 5.07. The zero-order valence-corrected chi connectivity index (χ0v) is 13.5. The van der Waals surface area contributed by atoms with Crippen LogP contribution < -0.4 is 5.32 Å². The number of hydrogen-bond acceptors (Lipinski definition) is 3. The molecule has 0 radical (unpaired) electrons. The number of amides is 1. The van der Waals surface area contributed by atoms with Crippen molar-refractivity contribution in [1.29, 1.82) is 0 Å². The molecule has 1 atom stereocenters. The van der Waals surface area contributed by atoms with Gasteiger partial charge in [0, 0.05) is 23.8 Å². The molecule has 1 unspecified atom stereocenters. The fourth-order valence-corrected chi connectivity index (χ4v) is 2.25. The highest BCUT2D eigenvalue weighted by Crippen LogP contribution is 2.20. The third-order valence-corrected chi connectivity index (χ3v) is 3.33. The number of nitrogens with one attached hydrogen (secondary N) is 1. The standard InChI is InChI=1S/C13H19BrN2O4/c1-8(2)16-6-9(14)5-10(16)11(17)15-13(3,7-20-4)12(18)19/h5-6,8H,7H2,1-4H3,(H,15,17)(H,18,19). The van der Waals surface area contributed by atoms with Gasteiger partial charge in [0.05, 0.1) is 6.61 Å². The van der Waals surface area contributed by atoms with Crippen LogP contribution in [0, 0.1) is 0 Å². The first-order valence-electron chi connectivity index (χ1n) is 6.13. The normalized spacial score (nSPS) is 14.1. The highest BCUT2D eigenvalue weighted by Gasteiger charge is 2.36. The Hall–Kier alpha value is -1.34. The van der Waals surface area contributed by atoms with Crippen LogP contribution in [0.15, 0.2) is 16.7 Å². The van der Waals surface area contributed by atoms with E-state index in [1.807, 2.05) is 13.8 Å². The van der Waals surface area contributed by atoms with Gasteiger partial charge < -0.3 is 19.7 Å². The molecule has 0 spiro atoms. The monoisotopic (exact) mass is 346 g/mol. The summed E-state index contributed by atoms with van der Waals surface area (Å²) in [5.74, 6) is -1.60. The van der Waals surface area contributed by atoms with Gasteiger partial charge in [-0.2, -0.15) is 0 Å². The van der Waals surface area contributed by atoms with Crippen molar-refractivity contribution in [3.63, 3.8) is 0 Å². The van der Waals surface area contributed by atoms with Crippen LogP contribution in [0.2, 0.25) is 0 Å². The van der Waals surface area contributed by atoms with Crippen LogP contribution in [-0.2, 0) is 9.53 Å². The summed E-state index contributed by atoms with van der Waals surface area (Å²) in [7, 11) is 1.39. The molecular formula is C13H19BrN2O4. The van der Waals surface area contributed by atoms with E-state index in [1.54, 1.807) is 16.8 Å². The molecule has 7 heteroatoms. The van der Waals surface area contributed by atoms with Crippen LogP contribution in [0.1, 0.15) is 37.3 Å². The van der Waals surface area contributed by atoms with E-state index >= 15 is 0 Å². The van der Waals surface area contributed by atoms with E-state index < -0.39 is 17.4 Å². The summed E-state index contributed by atoms with van der Waals surface area (Å²) >= 11 is 3.32. The van der Waals surface area contributed by atoms with Gasteiger partial charge in [0.1, 0.15) is 5.69 Å². The Morgan fingerprint density at radius 3 is 2.60 bits per heavy atom. The van der Waals surface area contributed by atoms with Gasteiger partial charge >= 0.3 is 5.97 Å². The number of halogens is 1. The van der Waals surface area contributed by atoms with Crippen molar-refractivity contribution >= 4 is 27.8 Å². The van der Waals surface area contributed by atoms with E-state index in [2.05, 4.69) is 21.2 Å². The van der Waals surface area contributed by atoms with Crippen molar-refractivity contribution in [3.05, 3.63) is 22.4 Å². The average molecular weight is 347 g/mol. The van der Waals surface area contributed by atoms with Crippen LogP contribution >= 0.6 is 15.9 Å². The van der Waals surface area contributed by atoms with Crippen LogP contribution in [0.5, 0.6) is 0 Å². The number of carbonyl (C=O) groups is 2. The predicted molar refractivity (Wildman–Crippen MR) is 77.9 cm³/mol. The van der Waals surface area contributed by atoms with Gasteiger partial charge in [0.25, 0.3) is 5.91 Å². The molecule has 1 aromatic heterocycles. The molecule has 0 aliphatic rings. The Morgan fingerprint density at radius 1 is 1.55 bits per heavy atom. The van der Waals surface area contributed by atoms with Gasteiger partial charge in [-0.1, -0.05) is 0 Å². The maximum Gasteiger partial charge on any atom is 0.331 e. The molecule has 1 heterocycles. The lowest BCUT2D eigenvalue weighted by Crippen LogP contribution is -2.55. The summed E-state index contributed by atoms with van der Waals surface area (Å²) in [5.41, 5.74) is -1.07. The number of nitrogens with zero attached hydrogens (tertiary/aromatic N) is 1. The fraction of sp³-hybridized carbons (Fsp3) is 0.538. The lowest BCUT2D eigenvalue weighted by molar-refractivity contribution is -0.145. The minimum absolute atomic E-state index is 0.0839. The van der Waals surface area contributed by atoms with Crippen molar-refractivity contribution < 1.29 is 19.4 Å². The Morgan fingerprint density at radius 2 is 2.15 bits per heavy atom. The summed E-state index contributed by atoms with van der Waals surface area (Å²) in [4.78, 5) is 23.6. The average Bonchev–Trinajstić information content (AvgIpc) is 2.71. The summed E-state index contributed by atoms with van der Waals surface area (Å²) in [6.07, 6.45) is 1.79. The van der Waals surface area contributed by atoms with Gasteiger partial charge in [-0.3, -0.25) is 4.79 Å². The molecule has 1 rings (SSSR count). The zero-order chi connectivity index (χ0) is 15.5. The quantitative estimate of drug-likeness (QED) is 0.825. The first kappa shape index (κ1) is 16.7. The number of aromatic nitrogens is 1. The van der Waals surface area contributed by atoms with Gasteiger partial charge in [-0.15, -0.1) is 0 Å². The highest BCUT2D eigenvalue weighted by atomic mass is 79.9. The predicted octanol–water partition coefficient (Wildman–Crippen LogP) is 2.05. The molecule has 2 N–H and O–H groups in total. The van der Waals surface area contributed by atoms with Crippen molar-refractivity contribution in [1.82, 2.24) is 9.88 Å². The van der Waals surface area contributed by atoms with E-state index in [-0.39, 0.29) is 12.6 Å². The first-order chi connectivity index (χ1) is 9.21. The molecule has 1 amide bonds. The number of aliphatic carboxylic acids is 1.